The Morgan fingerprint density at radius 3 is 2.67 bits per heavy atom. The maximum absolute atomic E-state index is 10.9. The number of H-pyrrole nitrogens is 1. The number of carbonyl (C=O) groups is 1. The van der Waals surface area contributed by atoms with Crippen LogP contribution in [-0.2, 0) is 6.42 Å². The lowest BCUT2D eigenvalue weighted by Crippen LogP contribution is -2.13. The summed E-state index contributed by atoms with van der Waals surface area (Å²) in [7, 11) is 0. The van der Waals surface area contributed by atoms with Crippen LogP contribution in [0.2, 0.25) is 0 Å². The molecule has 15 heavy (non-hydrogen) atoms. The fourth-order valence-electron chi connectivity index (χ4n) is 2.22. The summed E-state index contributed by atoms with van der Waals surface area (Å²) in [6.07, 6.45) is 5.90. The summed E-state index contributed by atoms with van der Waals surface area (Å²) in [5.74, 6) is 0.119. The Hall–Kier alpha value is -1.52. The molecule has 0 radical (unpaired) electrons. The summed E-state index contributed by atoms with van der Waals surface area (Å²) in [5, 5.41) is 6.65. The van der Waals surface area contributed by atoms with Gasteiger partial charge in [-0.15, -0.1) is 0 Å². The lowest BCUT2D eigenvalue weighted by Gasteiger charge is -2.06. The number of aromatic nitrogens is 2. The van der Waals surface area contributed by atoms with E-state index in [1.807, 2.05) is 0 Å². The topological polar surface area (TPSA) is 97.8 Å². The van der Waals surface area contributed by atoms with Gasteiger partial charge in [0, 0.05) is 0 Å². The third-order valence-corrected chi connectivity index (χ3v) is 3.09. The van der Waals surface area contributed by atoms with Crippen LogP contribution in [0.5, 0.6) is 0 Å². The van der Waals surface area contributed by atoms with Gasteiger partial charge in [0.25, 0.3) is 5.91 Å². The second-order valence-corrected chi connectivity index (χ2v) is 4.18. The summed E-state index contributed by atoms with van der Waals surface area (Å²) in [4.78, 5) is 10.9. The van der Waals surface area contributed by atoms with Gasteiger partial charge in [0.15, 0.2) is 0 Å². The molecule has 82 valence electrons. The highest BCUT2D eigenvalue weighted by Gasteiger charge is 2.20. The maximum Gasteiger partial charge on any atom is 0.268 e. The first-order chi connectivity index (χ1) is 7.18. The van der Waals surface area contributed by atoms with Crippen LogP contribution in [0.3, 0.4) is 0 Å². The van der Waals surface area contributed by atoms with Crippen molar-refractivity contribution in [2.75, 3.05) is 5.73 Å². The van der Waals surface area contributed by atoms with Gasteiger partial charge in [-0.25, -0.2) is 0 Å². The van der Waals surface area contributed by atoms with E-state index in [1.165, 1.54) is 25.7 Å². The van der Waals surface area contributed by atoms with Gasteiger partial charge >= 0.3 is 0 Å². The minimum Gasteiger partial charge on any atom is -0.395 e. The third kappa shape index (κ3) is 1.95. The molecule has 5 heteroatoms. The number of nitrogens with one attached hydrogen (secondary N) is 1. The highest BCUT2D eigenvalue weighted by atomic mass is 16.1. The van der Waals surface area contributed by atoms with Crippen LogP contribution in [0.1, 0.15) is 41.9 Å². The molecule has 0 unspecified atom stereocenters. The zero-order valence-corrected chi connectivity index (χ0v) is 8.62. The van der Waals surface area contributed by atoms with E-state index >= 15 is 0 Å². The predicted molar refractivity (Wildman–Crippen MR) is 57.2 cm³/mol. The van der Waals surface area contributed by atoms with Crippen LogP contribution in [0, 0.1) is 5.92 Å². The fourth-order valence-corrected chi connectivity index (χ4v) is 2.22. The molecule has 1 aliphatic rings. The summed E-state index contributed by atoms with van der Waals surface area (Å²) >= 11 is 0. The minimum absolute atomic E-state index is 0.239. The molecule has 2 rings (SSSR count). The van der Waals surface area contributed by atoms with E-state index in [9.17, 15) is 4.79 Å². The number of nitrogens with zero attached hydrogens (tertiary/aromatic N) is 1. The van der Waals surface area contributed by atoms with Crippen molar-refractivity contribution in [3.63, 3.8) is 0 Å². The van der Waals surface area contributed by atoms with E-state index < -0.39 is 5.91 Å². The van der Waals surface area contributed by atoms with Crippen molar-refractivity contribution in [3.05, 3.63) is 11.4 Å². The molecule has 0 bridgehead atoms. The SMILES string of the molecule is NC(=O)c1[nH]nc(CC2CCCC2)c1N. The van der Waals surface area contributed by atoms with E-state index in [0.29, 0.717) is 11.6 Å². The molecule has 1 aromatic heterocycles. The minimum atomic E-state index is -0.544. The van der Waals surface area contributed by atoms with Crippen LogP contribution in [0.25, 0.3) is 0 Å². The molecule has 5 N–H and O–H groups in total. The fraction of sp³-hybridized carbons (Fsp3) is 0.600. The van der Waals surface area contributed by atoms with Gasteiger partial charge in [0.2, 0.25) is 0 Å². The van der Waals surface area contributed by atoms with Crippen LogP contribution < -0.4 is 11.5 Å². The van der Waals surface area contributed by atoms with Gasteiger partial charge in [0.05, 0.1) is 11.4 Å². The highest BCUT2D eigenvalue weighted by Crippen LogP contribution is 2.29. The monoisotopic (exact) mass is 208 g/mol. The number of amides is 1. The van der Waals surface area contributed by atoms with Crippen LogP contribution >= 0.6 is 0 Å². The van der Waals surface area contributed by atoms with Crippen molar-refractivity contribution < 1.29 is 4.79 Å². The molecule has 1 amide bonds. The van der Waals surface area contributed by atoms with Crippen molar-refractivity contribution in [2.45, 2.75) is 32.1 Å². The summed E-state index contributed by atoms with van der Waals surface area (Å²) in [6, 6.07) is 0. The molecule has 0 saturated heterocycles. The standard InChI is InChI=1S/C10H16N4O/c11-8-7(5-6-3-1-2-4-6)13-14-9(8)10(12)15/h6H,1-5,11H2,(H2,12,15)(H,13,14). The number of hydrogen-bond donors (Lipinski definition) is 3. The quantitative estimate of drug-likeness (QED) is 0.686. The molecular weight excluding hydrogens is 192 g/mol. The van der Waals surface area contributed by atoms with Crippen molar-refractivity contribution in [3.8, 4) is 0 Å². The van der Waals surface area contributed by atoms with Gasteiger partial charge in [0.1, 0.15) is 5.69 Å². The second kappa shape index (κ2) is 3.92. The number of hydrogen-bond acceptors (Lipinski definition) is 3. The number of nitrogens with two attached hydrogens (primary N) is 2. The maximum atomic E-state index is 10.9. The lowest BCUT2D eigenvalue weighted by atomic mass is 10.0. The van der Waals surface area contributed by atoms with Gasteiger partial charge in [-0.1, -0.05) is 25.7 Å². The Bertz CT molecular complexity index is 365. The molecule has 1 heterocycles. The third-order valence-electron chi connectivity index (χ3n) is 3.09. The molecule has 0 atom stereocenters. The molecule has 0 aliphatic heterocycles. The summed E-state index contributed by atoms with van der Waals surface area (Å²) in [5.41, 5.74) is 12.4. The molecule has 0 spiro atoms. The van der Waals surface area contributed by atoms with Gasteiger partial charge in [-0.2, -0.15) is 5.10 Å². The Kier molecular flexibility index (Phi) is 2.62. The molecule has 1 aliphatic carbocycles. The van der Waals surface area contributed by atoms with Crippen molar-refractivity contribution in [2.24, 2.45) is 11.7 Å². The Morgan fingerprint density at radius 1 is 1.47 bits per heavy atom. The number of primary amides is 1. The normalized spacial score (nSPS) is 17.1. The smallest absolute Gasteiger partial charge is 0.268 e. The average molecular weight is 208 g/mol. The van der Waals surface area contributed by atoms with Crippen molar-refractivity contribution in [1.82, 2.24) is 10.2 Å². The molecule has 5 nitrogen and oxygen atoms in total. The predicted octanol–water partition coefficient (Wildman–Crippen LogP) is 0.823. The van der Waals surface area contributed by atoms with Gasteiger partial charge < -0.3 is 11.5 Å². The zero-order valence-electron chi connectivity index (χ0n) is 8.62. The average Bonchev–Trinajstić information content (AvgIpc) is 2.78. The van der Waals surface area contributed by atoms with E-state index in [1.54, 1.807) is 0 Å². The second-order valence-electron chi connectivity index (χ2n) is 4.18. The Labute approximate surface area is 88.2 Å². The Balaban J connectivity index is 2.11. The lowest BCUT2D eigenvalue weighted by molar-refractivity contribution is 0.0996. The number of nitrogen functional groups attached to an aromatic ring is 1. The van der Waals surface area contributed by atoms with E-state index in [4.69, 9.17) is 11.5 Å². The molecule has 1 aromatic rings. The van der Waals surface area contributed by atoms with E-state index in [0.717, 1.165) is 12.1 Å². The van der Waals surface area contributed by atoms with Crippen molar-refractivity contribution in [1.29, 1.82) is 0 Å². The van der Waals surface area contributed by atoms with E-state index in [2.05, 4.69) is 10.2 Å². The van der Waals surface area contributed by atoms with E-state index in [-0.39, 0.29) is 5.69 Å². The number of aromatic amines is 1. The first-order valence-electron chi connectivity index (χ1n) is 5.31. The Morgan fingerprint density at radius 2 is 2.13 bits per heavy atom. The largest absolute Gasteiger partial charge is 0.395 e. The first kappa shape index (κ1) is 10.0. The van der Waals surface area contributed by atoms with Crippen LogP contribution in [0.15, 0.2) is 0 Å². The summed E-state index contributed by atoms with van der Waals surface area (Å²) < 4.78 is 0. The molecule has 1 fully saturated rings. The van der Waals surface area contributed by atoms with Gasteiger partial charge in [-0.3, -0.25) is 9.89 Å². The zero-order chi connectivity index (χ0) is 10.8. The number of rotatable bonds is 3. The van der Waals surface area contributed by atoms with Gasteiger partial charge in [-0.05, 0) is 12.3 Å². The van der Waals surface area contributed by atoms with Crippen LogP contribution in [-0.4, -0.2) is 16.1 Å². The summed E-state index contributed by atoms with van der Waals surface area (Å²) in [6.45, 7) is 0. The highest BCUT2D eigenvalue weighted by molar-refractivity contribution is 5.96. The number of carbonyl (C=O) groups excluding carboxylic acids is 1. The molecule has 1 saturated carbocycles. The molecule has 0 aromatic carbocycles. The van der Waals surface area contributed by atoms with Crippen LogP contribution in [0.4, 0.5) is 5.69 Å². The molecular formula is C10H16N4O. The first-order valence-corrected chi connectivity index (χ1v) is 5.31. The van der Waals surface area contributed by atoms with Crippen molar-refractivity contribution >= 4 is 11.6 Å². The number of anilines is 1.